The Morgan fingerprint density at radius 3 is 2.49 bits per heavy atom. The first-order valence-corrected chi connectivity index (χ1v) is 13.1. The Bertz CT molecular complexity index is 1340. The minimum Gasteiger partial charge on any atom is -0.488 e. The van der Waals surface area contributed by atoms with Crippen LogP contribution in [0.5, 0.6) is 5.75 Å². The zero-order chi connectivity index (χ0) is 25.4. The molecule has 1 aliphatic heterocycles. The molecule has 1 aliphatic rings. The van der Waals surface area contributed by atoms with Crippen LogP contribution in [0.4, 0.5) is 18.9 Å². The van der Waals surface area contributed by atoms with Crippen LogP contribution in [-0.2, 0) is 16.2 Å². The molecule has 1 saturated heterocycles. The maximum Gasteiger partial charge on any atom is 0.419 e. The van der Waals surface area contributed by atoms with E-state index >= 15 is 0 Å². The van der Waals surface area contributed by atoms with E-state index in [0.717, 1.165) is 29.5 Å². The van der Waals surface area contributed by atoms with Crippen LogP contribution in [0.3, 0.4) is 0 Å². The van der Waals surface area contributed by atoms with Crippen molar-refractivity contribution in [2.24, 2.45) is 0 Å². The number of nitrogens with zero attached hydrogens (tertiary/aromatic N) is 1. The number of likely N-dealkylation sites (tertiary alicyclic amines) is 1. The molecule has 35 heavy (non-hydrogen) atoms. The van der Waals surface area contributed by atoms with Crippen LogP contribution in [0.15, 0.2) is 52.7 Å². The summed E-state index contributed by atoms with van der Waals surface area (Å²) in [6.07, 6.45) is -3.88. The number of alkyl halides is 3. The summed E-state index contributed by atoms with van der Waals surface area (Å²) in [7, 11) is -2.38. The second-order valence-electron chi connectivity index (χ2n) is 8.10. The molecule has 0 bridgehead atoms. The topological polar surface area (TPSA) is 75.7 Å². The largest absolute Gasteiger partial charge is 0.488 e. The molecule has 12 heteroatoms. The number of carbonyl (C=O) groups is 1. The predicted molar refractivity (Wildman–Crippen MR) is 129 cm³/mol. The van der Waals surface area contributed by atoms with E-state index in [2.05, 4.69) is 4.72 Å². The fraction of sp³-hybridized carbons (Fsp3) is 0.261. The number of aldehydes is 1. The number of benzene rings is 2. The third-order valence-corrected chi connectivity index (χ3v) is 8.63. The SMILES string of the molecule is CN1CCC(Oc2cc(NS(=O)(=O)c3sc(Cl)cc3-c3ccc(C=O)cc3)ccc2C(F)(F)F)C1. The van der Waals surface area contributed by atoms with Crippen molar-refractivity contribution in [3.05, 3.63) is 64.0 Å². The summed E-state index contributed by atoms with van der Waals surface area (Å²) in [5, 5.41) is 0. The lowest BCUT2D eigenvalue weighted by atomic mass is 10.1. The average Bonchev–Trinajstić information content (AvgIpc) is 3.38. The number of likely N-dealkylation sites (N-methyl/N-ethyl adjacent to an activating group) is 1. The molecule has 2 heterocycles. The molecule has 0 saturated carbocycles. The fourth-order valence-corrected chi connectivity index (χ4v) is 6.72. The number of ether oxygens (including phenoxy) is 1. The van der Waals surface area contributed by atoms with Crippen LogP contribution in [-0.4, -0.2) is 45.8 Å². The van der Waals surface area contributed by atoms with E-state index in [1.54, 1.807) is 12.1 Å². The van der Waals surface area contributed by atoms with Gasteiger partial charge in [-0.15, -0.1) is 11.3 Å². The highest BCUT2D eigenvalue weighted by Crippen LogP contribution is 2.41. The highest BCUT2D eigenvalue weighted by Gasteiger charge is 2.36. The Kier molecular flexibility index (Phi) is 7.14. The number of rotatable bonds is 7. The molecule has 1 aromatic heterocycles. The van der Waals surface area contributed by atoms with Gasteiger partial charge in [-0.3, -0.25) is 9.52 Å². The molecule has 1 unspecified atom stereocenters. The third kappa shape index (κ3) is 5.80. The van der Waals surface area contributed by atoms with Crippen LogP contribution >= 0.6 is 22.9 Å². The molecule has 0 spiro atoms. The Balaban J connectivity index is 1.67. The van der Waals surface area contributed by atoms with Gasteiger partial charge in [0, 0.05) is 30.3 Å². The molecule has 1 fully saturated rings. The van der Waals surface area contributed by atoms with Gasteiger partial charge in [-0.05, 0) is 37.2 Å². The maximum atomic E-state index is 13.6. The molecular weight excluding hydrogens is 525 g/mol. The molecule has 4 rings (SSSR count). The molecule has 186 valence electrons. The summed E-state index contributed by atoms with van der Waals surface area (Å²) in [6.45, 7) is 1.15. The highest BCUT2D eigenvalue weighted by molar-refractivity contribution is 7.94. The van der Waals surface area contributed by atoms with Crippen molar-refractivity contribution in [1.82, 2.24) is 4.90 Å². The molecule has 3 aromatic rings. The number of anilines is 1. The average molecular weight is 545 g/mol. The van der Waals surface area contributed by atoms with Crippen molar-refractivity contribution < 1.29 is 31.1 Å². The first kappa shape index (κ1) is 25.5. The molecule has 1 N–H and O–H groups in total. The van der Waals surface area contributed by atoms with E-state index < -0.39 is 33.6 Å². The Morgan fingerprint density at radius 2 is 1.89 bits per heavy atom. The van der Waals surface area contributed by atoms with Crippen LogP contribution in [0.2, 0.25) is 4.34 Å². The predicted octanol–water partition coefficient (Wildman–Crippen LogP) is 5.78. The van der Waals surface area contributed by atoms with Gasteiger partial charge in [-0.2, -0.15) is 13.2 Å². The van der Waals surface area contributed by atoms with E-state index in [4.69, 9.17) is 16.3 Å². The molecule has 0 radical (unpaired) electrons. The second-order valence-corrected chi connectivity index (χ2v) is 11.7. The summed E-state index contributed by atoms with van der Waals surface area (Å²) >= 11 is 6.92. The van der Waals surface area contributed by atoms with Gasteiger partial charge in [0.15, 0.2) is 0 Å². The minimum atomic E-state index is -4.67. The molecule has 6 nitrogen and oxygen atoms in total. The lowest BCUT2D eigenvalue weighted by Crippen LogP contribution is -2.23. The van der Waals surface area contributed by atoms with Crippen molar-refractivity contribution in [1.29, 1.82) is 0 Å². The summed E-state index contributed by atoms with van der Waals surface area (Å²) in [5.41, 5.74) is 0.183. The monoisotopic (exact) mass is 544 g/mol. The van der Waals surface area contributed by atoms with Gasteiger partial charge in [0.25, 0.3) is 10.0 Å². The molecule has 0 amide bonds. The van der Waals surface area contributed by atoms with Crippen LogP contribution in [0.25, 0.3) is 11.1 Å². The van der Waals surface area contributed by atoms with Gasteiger partial charge in [0.2, 0.25) is 0 Å². The number of nitrogens with one attached hydrogen (secondary N) is 1. The minimum absolute atomic E-state index is 0.0777. The van der Waals surface area contributed by atoms with Gasteiger partial charge in [-0.1, -0.05) is 35.9 Å². The molecular formula is C23H20ClF3N2O4S2. The lowest BCUT2D eigenvalue weighted by molar-refractivity contribution is -0.139. The van der Waals surface area contributed by atoms with Gasteiger partial charge >= 0.3 is 6.18 Å². The van der Waals surface area contributed by atoms with E-state index in [1.807, 2.05) is 11.9 Å². The summed E-state index contributed by atoms with van der Waals surface area (Å²) in [4.78, 5) is 12.9. The normalized spacial score (nSPS) is 16.9. The second kappa shape index (κ2) is 9.81. The van der Waals surface area contributed by atoms with Crippen molar-refractivity contribution >= 4 is 44.9 Å². The van der Waals surface area contributed by atoms with Gasteiger partial charge in [0.1, 0.15) is 22.3 Å². The number of thiophene rings is 1. The van der Waals surface area contributed by atoms with Crippen LogP contribution < -0.4 is 9.46 Å². The van der Waals surface area contributed by atoms with Crippen LogP contribution in [0.1, 0.15) is 22.3 Å². The number of halogens is 4. The first-order chi connectivity index (χ1) is 16.5. The zero-order valence-electron chi connectivity index (χ0n) is 18.3. The van der Waals surface area contributed by atoms with E-state index in [9.17, 15) is 26.4 Å². The van der Waals surface area contributed by atoms with Gasteiger partial charge in [0.05, 0.1) is 15.6 Å². The van der Waals surface area contributed by atoms with Crippen molar-refractivity contribution in [2.75, 3.05) is 24.9 Å². The summed E-state index contributed by atoms with van der Waals surface area (Å²) in [5.74, 6) is -0.438. The smallest absolute Gasteiger partial charge is 0.419 e. The first-order valence-electron chi connectivity index (χ1n) is 10.4. The third-order valence-electron chi connectivity index (χ3n) is 5.45. The number of hydrogen-bond donors (Lipinski definition) is 1. The standard InChI is InChI=1S/C23H20ClF3N2O4S2/c1-29-9-8-17(12-29)33-20-10-16(6-7-19(20)23(25,26)27)28-35(31,32)22-18(11-21(24)34-22)15-4-2-14(13-30)3-5-15/h2-7,10-11,13,17,28H,8-9,12H2,1H3. The fourth-order valence-electron chi connectivity index (χ4n) is 3.78. The zero-order valence-corrected chi connectivity index (χ0v) is 20.7. The lowest BCUT2D eigenvalue weighted by Gasteiger charge is -2.19. The summed E-state index contributed by atoms with van der Waals surface area (Å²) < 4.78 is 75.2. The van der Waals surface area contributed by atoms with Gasteiger partial charge in [-0.25, -0.2) is 8.42 Å². The van der Waals surface area contributed by atoms with Crippen molar-refractivity contribution in [3.63, 3.8) is 0 Å². The van der Waals surface area contributed by atoms with Crippen LogP contribution in [0, 0.1) is 0 Å². The Morgan fingerprint density at radius 1 is 1.17 bits per heavy atom. The highest BCUT2D eigenvalue weighted by atomic mass is 35.5. The Hall–Kier alpha value is -2.60. The van der Waals surface area contributed by atoms with E-state index in [1.165, 1.54) is 18.2 Å². The summed E-state index contributed by atoms with van der Waals surface area (Å²) in [6, 6.07) is 10.6. The number of carbonyl (C=O) groups excluding carboxylic acids is 1. The number of sulfonamides is 1. The van der Waals surface area contributed by atoms with E-state index in [-0.39, 0.29) is 14.2 Å². The Labute approximate surface area is 209 Å². The number of hydrogen-bond acceptors (Lipinski definition) is 6. The quantitative estimate of drug-likeness (QED) is 0.381. The molecule has 1 atom stereocenters. The van der Waals surface area contributed by atoms with E-state index in [0.29, 0.717) is 42.5 Å². The maximum absolute atomic E-state index is 13.6. The molecule has 0 aliphatic carbocycles. The van der Waals surface area contributed by atoms with Gasteiger partial charge < -0.3 is 9.64 Å². The van der Waals surface area contributed by atoms with Crippen molar-refractivity contribution in [2.45, 2.75) is 22.9 Å². The van der Waals surface area contributed by atoms with Crippen molar-refractivity contribution in [3.8, 4) is 16.9 Å². The molecule has 2 aromatic carbocycles.